The maximum absolute atomic E-state index is 12.4. The monoisotopic (exact) mass is 956 g/mol. The van der Waals surface area contributed by atoms with Gasteiger partial charge < -0.3 is 0 Å². The van der Waals surface area contributed by atoms with E-state index in [2.05, 4.69) is 36.4 Å². The molecule has 344 valence electrons. The smallest absolute Gasteiger partial charge is 0.211 e. The summed E-state index contributed by atoms with van der Waals surface area (Å²) in [6, 6.07) is 48.0. The molecule has 0 saturated carbocycles. The lowest BCUT2D eigenvalue weighted by atomic mass is 10.1. The van der Waals surface area contributed by atoms with E-state index in [1.54, 1.807) is 0 Å². The van der Waals surface area contributed by atoms with Gasteiger partial charge in [0, 0.05) is 22.3 Å². The first-order chi connectivity index (χ1) is 32.4. The van der Waals surface area contributed by atoms with Crippen LogP contribution in [0.3, 0.4) is 0 Å². The summed E-state index contributed by atoms with van der Waals surface area (Å²) in [6.07, 6.45) is 13.3. The average molecular weight is 957 g/mol. The van der Waals surface area contributed by atoms with Gasteiger partial charge in [-0.05, 0) is 141 Å². The highest BCUT2D eigenvalue weighted by Crippen LogP contribution is 2.22. The zero-order chi connectivity index (χ0) is 45.8. The standard InChI is InChI=1S/C17H19OS.C16H17OS.C13H17OS.C12H15OS/c18-17(13-19-10-4-1-5-11-19)16-9-8-14-6-2-3-7-15(14)12-16;17-16(12-18-9-3-4-10-18)15-8-7-13-5-1-2-6-14(13)11-15;14-13(12-7-3-1-4-8-12)11-15-9-5-2-6-10-15;13-12(10-14-8-4-5-9-14)11-6-2-1-3-7-11/h2-3,6-9,12H,1,4-5,10-11,13H2;1-2,5-8,11H,3-4,9-10,12H2;1,3-4,7-8H,2,5-6,9-11H2;1-3,6-7H,4-5,8-10H2/q4*+1. The number of carbonyl (C=O) groups excluding carboxylic acids is 4. The lowest BCUT2D eigenvalue weighted by Crippen LogP contribution is -2.25. The molecule has 6 aromatic carbocycles. The van der Waals surface area contributed by atoms with Crippen LogP contribution >= 0.6 is 0 Å². The molecule has 66 heavy (non-hydrogen) atoms. The molecule has 0 atom stereocenters. The van der Waals surface area contributed by atoms with Gasteiger partial charge in [0.25, 0.3) is 0 Å². The predicted molar refractivity (Wildman–Crippen MR) is 292 cm³/mol. The maximum atomic E-state index is 12.4. The number of benzene rings is 6. The number of fused-ring (bicyclic) bond motifs is 2. The largest absolute Gasteiger partial charge is 0.289 e. The van der Waals surface area contributed by atoms with Crippen molar-refractivity contribution in [1.29, 1.82) is 0 Å². The van der Waals surface area contributed by atoms with Gasteiger partial charge in [0.1, 0.15) is 46.0 Å². The Morgan fingerprint density at radius 2 is 0.530 bits per heavy atom. The summed E-state index contributed by atoms with van der Waals surface area (Å²) in [5.41, 5.74) is 3.53. The second-order valence-corrected chi connectivity index (χ2v) is 27.1. The molecule has 0 N–H and O–H groups in total. The molecule has 4 heterocycles. The fourth-order valence-electron chi connectivity index (χ4n) is 8.84. The van der Waals surface area contributed by atoms with Crippen LogP contribution in [0.2, 0.25) is 0 Å². The van der Waals surface area contributed by atoms with Crippen molar-refractivity contribution in [2.45, 2.75) is 64.2 Å². The molecule has 4 aliphatic heterocycles. The Labute approximate surface area is 405 Å². The Kier molecular flexibility index (Phi) is 20.4. The summed E-state index contributed by atoms with van der Waals surface area (Å²) >= 11 is 0. The normalized spacial score (nSPS) is 16.8. The molecule has 0 aliphatic carbocycles. The number of carbonyl (C=O) groups is 4. The molecule has 4 saturated heterocycles. The van der Waals surface area contributed by atoms with Crippen molar-refractivity contribution in [3.05, 3.63) is 168 Å². The van der Waals surface area contributed by atoms with Crippen LogP contribution in [0.15, 0.2) is 146 Å². The second kappa shape index (κ2) is 27.1. The van der Waals surface area contributed by atoms with Crippen molar-refractivity contribution in [3.63, 3.8) is 0 Å². The molecular formula is C58H68O4S4+4. The van der Waals surface area contributed by atoms with Gasteiger partial charge >= 0.3 is 0 Å². The molecule has 0 radical (unpaired) electrons. The maximum Gasteiger partial charge on any atom is 0.211 e. The van der Waals surface area contributed by atoms with E-state index < -0.39 is 0 Å². The quantitative estimate of drug-likeness (QED) is 0.0905. The summed E-state index contributed by atoms with van der Waals surface area (Å²) in [7, 11) is 1.47. The number of ketones is 4. The first-order valence-electron chi connectivity index (χ1n) is 24.1. The van der Waals surface area contributed by atoms with E-state index in [0.717, 1.165) is 50.7 Å². The van der Waals surface area contributed by atoms with E-state index >= 15 is 0 Å². The van der Waals surface area contributed by atoms with Crippen LogP contribution in [0.5, 0.6) is 0 Å². The number of Topliss-reactive ketones (excluding diaryl/α,β-unsaturated/α-hetero) is 4. The van der Waals surface area contributed by atoms with Crippen LogP contribution < -0.4 is 0 Å². The van der Waals surface area contributed by atoms with E-state index in [1.807, 2.05) is 109 Å². The molecular weight excluding hydrogens is 889 g/mol. The SMILES string of the molecule is O=C(C[S+]1CCCC1)c1ccc2ccccc2c1.O=C(C[S+]1CCCC1)c1ccccc1.O=C(C[S+]1CCCCC1)c1ccc2ccccc2c1.O=C(C[S+]1CCCCC1)c1ccccc1. The molecule has 0 bridgehead atoms. The minimum atomic E-state index is 0.325. The van der Waals surface area contributed by atoms with Gasteiger partial charge in [0.2, 0.25) is 23.1 Å². The average Bonchev–Trinajstić information content (AvgIpc) is 4.11. The topological polar surface area (TPSA) is 68.3 Å². The van der Waals surface area contributed by atoms with Gasteiger partial charge in [-0.15, -0.1) is 0 Å². The molecule has 4 nitrogen and oxygen atoms in total. The Bertz CT molecular complexity index is 2450. The number of hydrogen-bond acceptors (Lipinski definition) is 4. The third-order valence-corrected chi connectivity index (χ3v) is 22.2. The van der Waals surface area contributed by atoms with E-state index in [1.165, 1.54) is 126 Å². The molecule has 0 aromatic heterocycles. The van der Waals surface area contributed by atoms with E-state index in [4.69, 9.17) is 0 Å². The predicted octanol–water partition coefficient (Wildman–Crippen LogP) is 12.2. The second-order valence-electron chi connectivity index (χ2n) is 17.7. The van der Waals surface area contributed by atoms with Crippen molar-refractivity contribution in [2.75, 3.05) is 69.0 Å². The Morgan fingerprint density at radius 1 is 0.273 bits per heavy atom. The summed E-state index contributed by atoms with van der Waals surface area (Å²) in [6.45, 7) is 0. The highest BCUT2D eigenvalue weighted by molar-refractivity contribution is 7.98. The zero-order valence-electron chi connectivity index (χ0n) is 38.7. The van der Waals surface area contributed by atoms with Gasteiger partial charge in [0.05, 0.1) is 0 Å². The minimum Gasteiger partial charge on any atom is -0.289 e. The van der Waals surface area contributed by atoms with E-state index in [9.17, 15) is 19.2 Å². The Morgan fingerprint density at radius 3 is 0.848 bits per heavy atom. The molecule has 0 amide bonds. The first kappa shape index (κ1) is 49.8. The van der Waals surface area contributed by atoms with Crippen molar-refractivity contribution < 1.29 is 19.2 Å². The molecule has 10 rings (SSSR count). The lowest BCUT2D eigenvalue weighted by Gasteiger charge is -2.13. The summed E-state index contributed by atoms with van der Waals surface area (Å²) in [5.74, 6) is 14.6. The highest BCUT2D eigenvalue weighted by Gasteiger charge is 2.29. The van der Waals surface area contributed by atoms with Crippen LogP contribution in [0.25, 0.3) is 21.5 Å². The fraction of sp³-hybridized carbons (Fsp3) is 0.379. The first-order valence-corrected chi connectivity index (χ1v) is 31.1. The zero-order valence-corrected chi connectivity index (χ0v) is 41.9. The molecule has 0 unspecified atom stereocenters. The minimum absolute atomic E-state index is 0.325. The number of hydrogen-bond donors (Lipinski definition) is 0. The van der Waals surface area contributed by atoms with Gasteiger partial charge in [-0.1, -0.05) is 133 Å². The summed E-state index contributed by atoms with van der Waals surface area (Å²) in [5, 5.41) is 4.75. The van der Waals surface area contributed by atoms with Crippen molar-refractivity contribution in [1.82, 2.24) is 0 Å². The molecule has 6 aromatic rings. The lowest BCUT2D eigenvalue weighted by molar-refractivity contribution is 0.101. The van der Waals surface area contributed by atoms with E-state index in [-0.39, 0.29) is 0 Å². The van der Waals surface area contributed by atoms with Gasteiger partial charge in [0.15, 0.2) is 23.0 Å². The molecule has 4 fully saturated rings. The fourth-order valence-corrected chi connectivity index (χ4v) is 17.9. The van der Waals surface area contributed by atoms with Crippen LogP contribution in [-0.4, -0.2) is 92.2 Å². The molecule has 8 heteroatoms. The van der Waals surface area contributed by atoms with Gasteiger partial charge in [-0.3, -0.25) is 19.2 Å². The Hall–Kier alpha value is -4.08. The molecule has 0 spiro atoms. The van der Waals surface area contributed by atoms with E-state index in [0.29, 0.717) is 66.7 Å². The van der Waals surface area contributed by atoms with Gasteiger partial charge in [-0.2, -0.15) is 0 Å². The summed E-state index contributed by atoms with van der Waals surface area (Å²) < 4.78 is 0. The van der Waals surface area contributed by atoms with Crippen LogP contribution in [0.4, 0.5) is 0 Å². The third-order valence-electron chi connectivity index (χ3n) is 12.6. The number of rotatable bonds is 12. The van der Waals surface area contributed by atoms with Crippen LogP contribution in [-0.2, 0) is 43.6 Å². The van der Waals surface area contributed by atoms with Gasteiger partial charge in [-0.25, -0.2) is 0 Å². The highest BCUT2D eigenvalue weighted by atomic mass is 32.2. The van der Waals surface area contributed by atoms with Crippen molar-refractivity contribution in [2.24, 2.45) is 0 Å². The molecule has 4 aliphatic rings. The Balaban J connectivity index is 0.000000132. The summed E-state index contributed by atoms with van der Waals surface area (Å²) in [4.78, 5) is 48.3. The van der Waals surface area contributed by atoms with Crippen molar-refractivity contribution >= 4 is 88.3 Å². The third kappa shape index (κ3) is 16.0. The van der Waals surface area contributed by atoms with Crippen LogP contribution in [0.1, 0.15) is 106 Å². The van der Waals surface area contributed by atoms with Crippen LogP contribution in [0, 0.1) is 0 Å². The van der Waals surface area contributed by atoms with Crippen molar-refractivity contribution in [3.8, 4) is 0 Å².